The molecule has 5 rings (SSSR count). The lowest BCUT2D eigenvalue weighted by atomic mass is 10.1. The number of hydrogen-bond acceptors (Lipinski definition) is 7. The summed E-state index contributed by atoms with van der Waals surface area (Å²) in [4.78, 5) is 8.75. The summed E-state index contributed by atoms with van der Waals surface area (Å²) in [5.41, 5.74) is 2.79. The molecule has 1 atom stereocenters. The second-order valence-corrected chi connectivity index (χ2v) is 7.26. The van der Waals surface area contributed by atoms with Crippen molar-refractivity contribution in [2.75, 3.05) is 7.11 Å². The van der Waals surface area contributed by atoms with E-state index in [1.54, 1.807) is 13.4 Å². The first-order chi connectivity index (χ1) is 15.9. The molecule has 0 bridgehead atoms. The summed E-state index contributed by atoms with van der Waals surface area (Å²) < 4.78 is 59.4. The zero-order chi connectivity index (χ0) is 23.0. The fraction of sp³-hybridized carbons (Fsp3) is 0.227. The van der Waals surface area contributed by atoms with Gasteiger partial charge in [0.15, 0.2) is 5.69 Å². The van der Waals surface area contributed by atoms with Gasteiger partial charge in [0.2, 0.25) is 5.82 Å². The van der Waals surface area contributed by atoms with E-state index in [9.17, 15) is 13.2 Å². The maximum Gasteiger partial charge on any atom is 0.573 e. The van der Waals surface area contributed by atoms with Crippen LogP contribution in [-0.4, -0.2) is 33.2 Å². The first-order valence-electron chi connectivity index (χ1n) is 9.89. The number of imidazole rings is 1. The van der Waals surface area contributed by atoms with Crippen molar-refractivity contribution in [1.29, 1.82) is 0 Å². The van der Waals surface area contributed by atoms with Crippen LogP contribution in [-0.2, 0) is 17.9 Å². The van der Waals surface area contributed by atoms with E-state index >= 15 is 0 Å². The number of aromatic nitrogens is 4. The lowest BCUT2D eigenvalue weighted by Gasteiger charge is -2.25. The number of methoxy groups -OCH3 is 1. The van der Waals surface area contributed by atoms with Gasteiger partial charge >= 0.3 is 6.36 Å². The Labute approximate surface area is 185 Å². The Morgan fingerprint density at radius 2 is 1.76 bits per heavy atom. The Balaban J connectivity index is 1.33. The molecule has 1 unspecified atom stereocenters. The van der Waals surface area contributed by atoms with Crippen LogP contribution in [0.3, 0.4) is 0 Å². The van der Waals surface area contributed by atoms with Gasteiger partial charge in [0.05, 0.1) is 32.3 Å². The van der Waals surface area contributed by atoms with Gasteiger partial charge in [-0.3, -0.25) is 0 Å². The number of rotatable bonds is 5. The summed E-state index contributed by atoms with van der Waals surface area (Å²) in [6, 6.07) is 12.9. The van der Waals surface area contributed by atoms with Crippen LogP contribution in [0.4, 0.5) is 13.2 Å². The molecule has 2 aromatic heterocycles. The number of benzene rings is 2. The van der Waals surface area contributed by atoms with E-state index < -0.39 is 6.36 Å². The molecule has 8 nitrogen and oxygen atoms in total. The molecule has 3 heterocycles. The Hall–Kier alpha value is -3.86. The van der Waals surface area contributed by atoms with Gasteiger partial charge in [-0.05, 0) is 42.0 Å². The summed E-state index contributed by atoms with van der Waals surface area (Å²) in [6.07, 6.45) is -3.20. The van der Waals surface area contributed by atoms with Gasteiger partial charge in [-0.25, -0.2) is 4.98 Å². The van der Waals surface area contributed by atoms with Crippen molar-refractivity contribution in [2.24, 2.45) is 0 Å². The van der Waals surface area contributed by atoms with Crippen LogP contribution in [0.15, 0.2) is 59.4 Å². The molecule has 0 fully saturated rings. The van der Waals surface area contributed by atoms with Crippen LogP contribution >= 0.6 is 0 Å². The molecule has 2 aromatic carbocycles. The van der Waals surface area contributed by atoms with Crippen molar-refractivity contribution in [2.45, 2.75) is 25.6 Å². The molecule has 1 aliphatic heterocycles. The molecule has 1 aliphatic rings. The Kier molecular flexibility index (Phi) is 5.25. The SMILES string of the molecule is COc1ccc(C2Cn3cnc(-c4nc(-c5ccc(OC(F)(F)F)cc5)no4)c3CO2)cc1. The molecule has 0 amide bonds. The highest BCUT2D eigenvalue weighted by Crippen LogP contribution is 2.33. The summed E-state index contributed by atoms with van der Waals surface area (Å²) in [5.74, 6) is 0.857. The maximum atomic E-state index is 12.3. The molecular formula is C22H17F3N4O4. The molecule has 170 valence electrons. The summed E-state index contributed by atoms with van der Waals surface area (Å²) in [7, 11) is 1.62. The van der Waals surface area contributed by atoms with Crippen LogP contribution < -0.4 is 9.47 Å². The van der Waals surface area contributed by atoms with Gasteiger partial charge < -0.3 is 23.3 Å². The molecule has 0 saturated carbocycles. The van der Waals surface area contributed by atoms with Gasteiger partial charge in [0.1, 0.15) is 17.6 Å². The highest BCUT2D eigenvalue weighted by molar-refractivity contribution is 5.59. The van der Waals surface area contributed by atoms with Gasteiger partial charge in [0, 0.05) is 5.56 Å². The van der Waals surface area contributed by atoms with Crippen molar-refractivity contribution in [3.05, 3.63) is 66.1 Å². The molecule has 33 heavy (non-hydrogen) atoms. The quantitative estimate of drug-likeness (QED) is 0.426. The lowest BCUT2D eigenvalue weighted by Crippen LogP contribution is -2.20. The van der Waals surface area contributed by atoms with Crippen molar-refractivity contribution < 1.29 is 31.9 Å². The first kappa shape index (κ1) is 21.0. The largest absolute Gasteiger partial charge is 0.573 e. The highest BCUT2D eigenvalue weighted by Gasteiger charge is 2.31. The third-order valence-electron chi connectivity index (χ3n) is 5.19. The van der Waals surface area contributed by atoms with Crippen LogP contribution in [0.25, 0.3) is 23.0 Å². The van der Waals surface area contributed by atoms with Gasteiger partial charge in [-0.15, -0.1) is 13.2 Å². The fourth-order valence-corrected chi connectivity index (χ4v) is 3.57. The molecule has 4 aromatic rings. The summed E-state index contributed by atoms with van der Waals surface area (Å²) in [5, 5.41) is 3.92. The topological polar surface area (TPSA) is 84.4 Å². The molecule has 11 heteroatoms. The monoisotopic (exact) mass is 458 g/mol. The second kappa shape index (κ2) is 8.24. The third kappa shape index (κ3) is 4.40. The van der Waals surface area contributed by atoms with E-state index in [4.69, 9.17) is 14.0 Å². The van der Waals surface area contributed by atoms with E-state index in [2.05, 4.69) is 19.9 Å². The molecule has 0 spiro atoms. The Morgan fingerprint density at radius 3 is 2.45 bits per heavy atom. The zero-order valence-electron chi connectivity index (χ0n) is 17.2. The minimum Gasteiger partial charge on any atom is -0.497 e. The number of halogens is 3. The van der Waals surface area contributed by atoms with E-state index in [0.29, 0.717) is 24.4 Å². The minimum absolute atomic E-state index is 0.138. The highest BCUT2D eigenvalue weighted by atomic mass is 19.4. The summed E-state index contributed by atoms with van der Waals surface area (Å²) in [6.45, 7) is 0.865. The molecule has 0 N–H and O–H groups in total. The first-order valence-corrected chi connectivity index (χ1v) is 9.89. The number of nitrogens with zero attached hydrogens (tertiary/aromatic N) is 4. The van der Waals surface area contributed by atoms with Gasteiger partial charge in [-0.2, -0.15) is 4.98 Å². The van der Waals surface area contributed by atoms with Crippen molar-refractivity contribution in [3.8, 4) is 34.5 Å². The van der Waals surface area contributed by atoms with E-state index in [-0.39, 0.29) is 23.6 Å². The molecular weight excluding hydrogens is 441 g/mol. The molecule has 0 radical (unpaired) electrons. The van der Waals surface area contributed by atoms with Crippen LogP contribution in [0.1, 0.15) is 17.4 Å². The van der Waals surface area contributed by atoms with E-state index in [1.165, 1.54) is 24.3 Å². The van der Waals surface area contributed by atoms with Crippen molar-refractivity contribution in [3.63, 3.8) is 0 Å². The van der Waals surface area contributed by atoms with Gasteiger partial charge in [-0.1, -0.05) is 17.3 Å². The predicted octanol–water partition coefficient (Wildman–Crippen LogP) is 4.78. The van der Waals surface area contributed by atoms with Crippen LogP contribution in [0.2, 0.25) is 0 Å². The standard InChI is InChI=1S/C22H17F3N4O4/c1-30-15-6-2-13(3-7-15)18-10-29-12-26-19(17(29)11-31-18)21-27-20(28-33-21)14-4-8-16(9-5-14)32-22(23,24)25/h2-9,12,18H,10-11H2,1H3. The smallest absolute Gasteiger partial charge is 0.497 e. The lowest BCUT2D eigenvalue weighted by molar-refractivity contribution is -0.274. The molecule has 0 saturated heterocycles. The number of hydrogen-bond donors (Lipinski definition) is 0. The normalized spacial score (nSPS) is 15.8. The number of ether oxygens (including phenoxy) is 3. The zero-order valence-corrected chi connectivity index (χ0v) is 17.2. The van der Waals surface area contributed by atoms with Crippen LogP contribution in [0, 0.1) is 0 Å². The molecule has 0 aliphatic carbocycles. The summed E-state index contributed by atoms with van der Waals surface area (Å²) >= 11 is 0. The van der Waals surface area contributed by atoms with Gasteiger partial charge in [0.25, 0.3) is 5.89 Å². The van der Waals surface area contributed by atoms with Crippen LogP contribution in [0.5, 0.6) is 11.5 Å². The van der Waals surface area contributed by atoms with Crippen molar-refractivity contribution in [1.82, 2.24) is 19.7 Å². The number of fused-ring (bicyclic) bond motifs is 1. The minimum atomic E-state index is -4.75. The van der Waals surface area contributed by atoms with Crippen molar-refractivity contribution >= 4 is 0 Å². The second-order valence-electron chi connectivity index (χ2n) is 7.26. The fourth-order valence-electron chi connectivity index (χ4n) is 3.57. The van der Waals surface area contributed by atoms with E-state index in [1.807, 2.05) is 28.8 Å². The predicted molar refractivity (Wildman–Crippen MR) is 108 cm³/mol. The average Bonchev–Trinajstić information content (AvgIpc) is 3.45. The maximum absolute atomic E-state index is 12.3. The third-order valence-corrected chi connectivity index (χ3v) is 5.19. The average molecular weight is 458 g/mol. The van der Waals surface area contributed by atoms with E-state index in [0.717, 1.165) is 17.0 Å². The Bertz CT molecular complexity index is 1250. The number of alkyl halides is 3. The Morgan fingerprint density at radius 1 is 1.03 bits per heavy atom.